The Labute approximate surface area is 122 Å². The summed E-state index contributed by atoms with van der Waals surface area (Å²) in [7, 11) is 2.18. The van der Waals surface area contributed by atoms with Crippen molar-refractivity contribution in [3.63, 3.8) is 0 Å². The Morgan fingerprint density at radius 3 is 2.55 bits per heavy atom. The second-order valence-corrected chi connectivity index (χ2v) is 5.94. The molecule has 1 aliphatic heterocycles. The van der Waals surface area contributed by atoms with Crippen LogP contribution < -0.4 is 0 Å². The van der Waals surface area contributed by atoms with Gasteiger partial charge in [0.25, 0.3) is 0 Å². The maximum atomic E-state index is 12.6. The van der Waals surface area contributed by atoms with E-state index in [2.05, 4.69) is 23.8 Å². The Hall–Kier alpha value is -1.19. The first-order chi connectivity index (χ1) is 9.52. The first-order valence-electron chi connectivity index (χ1n) is 7.58. The number of piperazine rings is 1. The highest BCUT2D eigenvalue weighted by Gasteiger charge is 2.29. The fourth-order valence-corrected chi connectivity index (χ4v) is 2.89. The molecule has 0 N–H and O–H groups in total. The van der Waals surface area contributed by atoms with Crippen LogP contribution in [0.3, 0.4) is 0 Å². The van der Waals surface area contributed by atoms with E-state index in [0.717, 1.165) is 31.6 Å². The standard InChI is InChI=1S/C17H26N2O/c1-5-16-12-19(11-10-18(16)4)14(3)17(20)15-8-6-13(2)7-9-15/h6-9,14,16H,5,10-12H2,1-4H3. The van der Waals surface area contributed by atoms with Crippen LogP contribution in [-0.2, 0) is 0 Å². The van der Waals surface area contributed by atoms with Gasteiger partial charge in [0.05, 0.1) is 6.04 Å². The van der Waals surface area contributed by atoms with Gasteiger partial charge in [-0.1, -0.05) is 36.8 Å². The van der Waals surface area contributed by atoms with Crippen LogP contribution in [0, 0.1) is 6.92 Å². The summed E-state index contributed by atoms with van der Waals surface area (Å²) in [5.74, 6) is 0.240. The molecular weight excluding hydrogens is 248 g/mol. The summed E-state index contributed by atoms with van der Waals surface area (Å²) < 4.78 is 0. The molecular formula is C17H26N2O. The molecule has 0 spiro atoms. The highest BCUT2D eigenvalue weighted by molar-refractivity contribution is 5.99. The molecule has 3 heteroatoms. The van der Waals surface area contributed by atoms with Crippen molar-refractivity contribution in [2.75, 3.05) is 26.7 Å². The number of carbonyl (C=O) groups is 1. The van der Waals surface area contributed by atoms with Gasteiger partial charge in [0, 0.05) is 31.2 Å². The predicted molar refractivity (Wildman–Crippen MR) is 83.3 cm³/mol. The maximum absolute atomic E-state index is 12.6. The van der Waals surface area contributed by atoms with Gasteiger partial charge in [0.2, 0.25) is 0 Å². The molecule has 0 aliphatic carbocycles. The summed E-state index contributed by atoms with van der Waals surface area (Å²) in [5, 5.41) is 0. The van der Waals surface area contributed by atoms with E-state index in [4.69, 9.17) is 0 Å². The van der Waals surface area contributed by atoms with E-state index in [1.165, 1.54) is 5.56 Å². The second-order valence-electron chi connectivity index (χ2n) is 5.94. The Morgan fingerprint density at radius 1 is 1.30 bits per heavy atom. The van der Waals surface area contributed by atoms with E-state index in [1.54, 1.807) is 0 Å². The molecule has 0 radical (unpaired) electrons. The number of aryl methyl sites for hydroxylation is 1. The van der Waals surface area contributed by atoms with E-state index in [9.17, 15) is 4.79 Å². The van der Waals surface area contributed by atoms with Crippen LogP contribution in [0.2, 0.25) is 0 Å². The molecule has 1 heterocycles. The van der Waals surface area contributed by atoms with E-state index in [1.807, 2.05) is 38.1 Å². The first-order valence-corrected chi connectivity index (χ1v) is 7.58. The summed E-state index contributed by atoms with van der Waals surface area (Å²) in [5.41, 5.74) is 2.02. The molecule has 0 aromatic heterocycles. The quantitative estimate of drug-likeness (QED) is 0.789. The summed E-state index contributed by atoms with van der Waals surface area (Å²) in [6.45, 7) is 9.32. The molecule has 2 atom stereocenters. The number of hydrogen-bond acceptors (Lipinski definition) is 3. The van der Waals surface area contributed by atoms with Gasteiger partial charge in [-0.3, -0.25) is 9.69 Å². The summed E-state index contributed by atoms with van der Waals surface area (Å²) in [4.78, 5) is 17.3. The van der Waals surface area contributed by atoms with Crippen molar-refractivity contribution in [3.8, 4) is 0 Å². The average Bonchev–Trinajstić information content (AvgIpc) is 2.47. The fourth-order valence-electron chi connectivity index (χ4n) is 2.89. The minimum absolute atomic E-state index is 0.0274. The Kier molecular flexibility index (Phi) is 4.95. The van der Waals surface area contributed by atoms with Gasteiger partial charge < -0.3 is 4.90 Å². The van der Waals surface area contributed by atoms with Crippen molar-refractivity contribution in [2.24, 2.45) is 0 Å². The van der Waals surface area contributed by atoms with E-state index >= 15 is 0 Å². The molecule has 1 fully saturated rings. The van der Waals surface area contributed by atoms with Crippen LogP contribution in [0.4, 0.5) is 0 Å². The third kappa shape index (κ3) is 3.28. The van der Waals surface area contributed by atoms with Gasteiger partial charge >= 0.3 is 0 Å². The largest absolute Gasteiger partial charge is 0.301 e. The zero-order valence-electron chi connectivity index (χ0n) is 13.1. The van der Waals surface area contributed by atoms with E-state index < -0.39 is 0 Å². The van der Waals surface area contributed by atoms with Crippen molar-refractivity contribution in [1.29, 1.82) is 0 Å². The highest BCUT2D eigenvalue weighted by atomic mass is 16.1. The molecule has 1 aromatic rings. The molecule has 3 nitrogen and oxygen atoms in total. The molecule has 1 aliphatic rings. The molecule has 0 amide bonds. The minimum Gasteiger partial charge on any atom is -0.301 e. The number of Topliss-reactive ketones (excluding diaryl/α,β-unsaturated/α-hetero) is 1. The van der Waals surface area contributed by atoms with Crippen LogP contribution in [0.5, 0.6) is 0 Å². The van der Waals surface area contributed by atoms with Gasteiger partial charge in [-0.05, 0) is 27.3 Å². The van der Waals surface area contributed by atoms with Gasteiger partial charge in [0.15, 0.2) is 5.78 Å². The molecule has 0 saturated carbocycles. The third-order valence-electron chi connectivity index (χ3n) is 4.54. The molecule has 0 bridgehead atoms. The van der Waals surface area contributed by atoms with Crippen LogP contribution >= 0.6 is 0 Å². The summed E-state index contributed by atoms with van der Waals surface area (Å²) in [6, 6.07) is 8.46. The van der Waals surface area contributed by atoms with Crippen molar-refractivity contribution < 1.29 is 4.79 Å². The van der Waals surface area contributed by atoms with Gasteiger partial charge in [-0.25, -0.2) is 0 Å². The lowest BCUT2D eigenvalue weighted by Crippen LogP contribution is -2.55. The lowest BCUT2D eigenvalue weighted by Gasteiger charge is -2.41. The third-order valence-corrected chi connectivity index (χ3v) is 4.54. The molecule has 2 unspecified atom stereocenters. The number of benzene rings is 1. The Bertz CT molecular complexity index is 455. The van der Waals surface area contributed by atoms with Crippen LogP contribution in [-0.4, -0.2) is 54.3 Å². The second kappa shape index (κ2) is 6.51. The topological polar surface area (TPSA) is 23.6 Å². The predicted octanol–water partition coefficient (Wildman–Crippen LogP) is 2.59. The van der Waals surface area contributed by atoms with Crippen molar-refractivity contribution in [1.82, 2.24) is 9.80 Å². The molecule has 110 valence electrons. The fraction of sp³-hybridized carbons (Fsp3) is 0.588. The number of rotatable bonds is 4. The van der Waals surface area contributed by atoms with E-state index in [0.29, 0.717) is 6.04 Å². The van der Waals surface area contributed by atoms with Crippen LogP contribution in [0.25, 0.3) is 0 Å². The normalized spacial score (nSPS) is 22.7. The van der Waals surface area contributed by atoms with Crippen molar-refractivity contribution in [2.45, 2.75) is 39.3 Å². The monoisotopic (exact) mass is 274 g/mol. The average molecular weight is 274 g/mol. The molecule has 2 rings (SSSR count). The molecule has 1 aromatic carbocycles. The zero-order chi connectivity index (χ0) is 14.7. The van der Waals surface area contributed by atoms with Crippen molar-refractivity contribution >= 4 is 5.78 Å². The van der Waals surface area contributed by atoms with E-state index in [-0.39, 0.29) is 11.8 Å². The lowest BCUT2D eigenvalue weighted by molar-refractivity contribution is 0.0553. The Morgan fingerprint density at radius 2 is 1.95 bits per heavy atom. The maximum Gasteiger partial charge on any atom is 0.179 e. The SMILES string of the molecule is CCC1CN(C(C)C(=O)c2ccc(C)cc2)CCN1C. The van der Waals surface area contributed by atoms with Crippen molar-refractivity contribution in [3.05, 3.63) is 35.4 Å². The van der Waals surface area contributed by atoms with Gasteiger partial charge in [0.1, 0.15) is 0 Å². The number of nitrogens with zero attached hydrogens (tertiary/aromatic N) is 2. The highest BCUT2D eigenvalue weighted by Crippen LogP contribution is 2.16. The van der Waals surface area contributed by atoms with Gasteiger partial charge in [-0.15, -0.1) is 0 Å². The Balaban J connectivity index is 2.05. The van der Waals surface area contributed by atoms with Gasteiger partial charge in [-0.2, -0.15) is 0 Å². The number of carbonyl (C=O) groups excluding carboxylic acids is 1. The van der Waals surface area contributed by atoms with Crippen LogP contribution in [0.1, 0.15) is 36.2 Å². The van der Waals surface area contributed by atoms with Crippen LogP contribution in [0.15, 0.2) is 24.3 Å². The first kappa shape index (κ1) is 15.2. The summed E-state index contributed by atoms with van der Waals surface area (Å²) >= 11 is 0. The smallest absolute Gasteiger partial charge is 0.179 e. The molecule has 20 heavy (non-hydrogen) atoms. The number of hydrogen-bond donors (Lipinski definition) is 0. The molecule has 1 saturated heterocycles. The summed E-state index contributed by atoms with van der Waals surface area (Å²) in [6.07, 6.45) is 1.14. The lowest BCUT2D eigenvalue weighted by atomic mass is 10.0. The number of likely N-dealkylation sites (N-methyl/N-ethyl adjacent to an activating group) is 1. The minimum atomic E-state index is -0.0274. The number of ketones is 1. The zero-order valence-corrected chi connectivity index (χ0v) is 13.1.